The van der Waals surface area contributed by atoms with E-state index in [2.05, 4.69) is 38.9 Å². The van der Waals surface area contributed by atoms with Crippen LogP contribution in [0.4, 0.5) is 5.69 Å². The summed E-state index contributed by atoms with van der Waals surface area (Å²) in [6, 6.07) is 4.01. The first-order valence-corrected chi connectivity index (χ1v) is 7.05. The van der Waals surface area contributed by atoms with E-state index < -0.39 is 0 Å². The van der Waals surface area contributed by atoms with Gasteiger partial charge in [-0.25, -0.2) is 4.79 Å². The third kappa shape index (κ3) is 2.77. The summed E-state index contributed by atoms with van der Waals surface area (Å²) in [5.74, 6) is -0.262. The van der Waals surface area contributed by atoms with Gasteiger partial charge >= 0.3 is 5.97 Å². The molecule has 0 aromatic heterocycles. The van der Waals surface area contributed by atoms with E-state index in [9.17, 15) is 4.79 Å². The minimum atomic E-state index is -0.262. The van der Waals surface area contributed by atoms with Crippen LogP contribution in [0, 0.1) is 10.5 Å². The Balaban J connectivity index is 2.40. The Kier molecular flexibility index (Phi) is 4.45. The Hall–Kier alpha value is -0.820. The number of nitrogens with one attached hydrogen (secondary N) is 1. The number of piperazine rings is 1. The third-order valence-corrected chi connectivity index (χ3v) is 3.83. The second kappa shape index (κ2) is 5.88. The number of methoxy groups -OCH3 is 1. The predicted molar refractivity (Wildman–Crippen MR) is 80.3 cm³/mol. The van der Waals surface area contributed by atoms with E-state index in [1.54, 1.807) is 0 Å². The molecule has 1 aliphatic rings. The topological polar surface area (TPSA) is 41.6 Å². The molecule has 0 amide bonds. The number of rotatable bonds is 2. The summed E-state index contributed by atoms with van der Waals surface area (Å²) in [5.41, 5.74) is 2.81. The third-order valence-electron chi connectivity index (χ3n) is 3.21. The molecule has 0 unspecified atom stereocenters. The fourth-order valence-electron chi connectivity index (χ4n) is 2.22. The number of ether oxygens (including phenoxy) is 1. The van der Waals surface area contributed by atoms with Gasteiger partial charge in [-0.2, -0.15) is 0 Å². The molecular formula is C13H17IN2O2. The number of carbonyl (C=O) groups is 1. The molecule has 1 N–H and O–H groups in total. The first kappa shape index (κ1) is 13.6. The Morgan fingerprint density at radius 3 is 2.67 bits per heavy atom. The van der Waals surface area contributed by atoms with Crippen molar-refractivity contribution in [2.75, 3.05) is 38.2 Å². The fourth-order valence-corrected chi connectivity index (χ4v) is 2.83. The van der Waals surface area contributed by atoms with Gasteiger partial charge in [0.15, 0.2) is 0 Å². The average molecular weight is 360 g/mol. The SMILES string of the molecule is COC(=O)c1cc(I)cc(N2CCNCC2)c1C. The molecule has 1 aliphatic heterocycles. The summed E-state index contributed by atoms with van der Waals surface area (Å²) in [4.78, 5) is 14.1. The summed E-state index contributed by atoms with van der Waals surface area (Å²) in [6.07, 6.45) is 0. The van der Waals surface area contributed by atoms with Crippen LogP contribution in [0.3, 0.4) is 0 Å². The largest absolute Gasteiger partial charge is 0.465 e. The molecule has 1 saturated heterocycles. The molecule has 18 heavy (non-hydrogen) atoms. The Labute approximate surface area is 121 Å². The Morgan fingerprint density at radius 2 is 2.06 bits per heavy atom. The van der Waals surface area contributed by atoms with Crippen molar-refractivity contribution in [1.29, 1.82) is 0 Å². The highest BCUT2D eigenvalue weighted by Gasteiger charge is 2.18. The molecule has 98 valence electrons. The van der Waals surface area contributed by atoms with Crippen molar-refractivity contribution in [3.63, 3.8) is 0 Å². The van der Waals surface area contributed by atoms with Crippen LogP contribution < -0.4 is 10.2 Å². The second-order valence-corrected chi connectivity index (χ2v) is 5.57. The first-order valence-electron chi connectivity index (χ1n) is 5.97. The number of esters is 1. The van der Waals surface area contributed by atoms with E-state index in [-0.39, 0.29) is 5.97 Å². The number of hydrogen-bond donors (Lipinski definition) is 1. The van der Waals surface area contributed by atoms with Gasteiger partial charge in [0, 0.05) is 35.4 Å². The smallest absolute Gasteiger partial charge is 0.338 e. The van der Waals surface area contributed by atoms with Crippen molar-refractivity contribution in [2.24, 2.45) is 0 Å². The molecule has 4 nitrogen and oxygen atoms in total. The minimum Gasteiger partial charge on any atom is -0.465 e. The van der Waals surface area contributed by atoms with Gasteiger partial charge in [-0.3, -0.25) is 0 Å². The maximum Gasteiger partial charge on any atom is 0.338 e. The maximum absolute atomic E-state index is 11.8. The van der Waals surface area contributed by atoms with Crippen molar-refractivity contribution in [1.82, 2.24) is 5.32 Å². The number of nitrogens with zero attached hydrogens (tertiary/aromatic N) is 1. The highest BCUT2D eigenvalue weighted by atomic mass is 127. The van der Waals surface area contributed by atoms with Gasteiger partial charge in [0.25, 0.3) is 0 Å². The summed E-state index contributed by atoms with van der Waals surface area (Å²) >= 11 is 2.24. The van der Waals surface area contributed by atoms with Crippen LogP contribution in [-0.2, 0) is 4.74 Å². The molecule has 1 fully saturated rings. The quantitative estimate of drug-likeness (QED) is 0.645. The molecule has 0 saturated carbocycles. The van der Waals surface area contributed by atoms with E-state index in [1.807, 2.05) is 13.0 Å². The Morgan fingerprint density at radius 1 is 1.39 bits per heavy atom. The lowest BCUT2D eigenvalue weighted by Gasteiger charge is -2.31. The van der Waals surface area contributed by atoms with Crippen molar-refractivity contribution in [3.8, 4) is 0 Å². The molecule has 0 atom stereocenters. The maximum atomic E-state index is 11.8. The lowest BCUT2D eigenvalue weighted by atomic mass is 10.1. The molecular weight excluding hydrogens is 343 g/mol. The number of halogens is 1. The van der Waals surface area contributed by atoms with Crippen molar-refractivity contribution >= 4 is 34.2 Å². The monoisotopic (exact) mass is 360 g/mol. The van der Waals surface area contributed by atoms with Crippen LogP contribution in [-0.4, -0.2) is 39.3 Å². The summed E-state index contributed by atoms with van der Waals surface area (Å²) in [7, 11) is 1.42. The van der Waals surface area contributed by atoms with Crippen LogP contribution in [0.15, 0.2) is 12.1 Å². The zero-order valence-electron chi connectivity index (χ0n) is 10.6. The van der Waals surface area contributed by atoms with Crippen LogP contribution in [0.2, 0.25) is 0 Å². The van der Waals surface area contributed by atoms with Gasteiger partial charge in [0.05, 0.1) is 12.7 Å². The first-order chi connectivity index (χ1) is 8.63. The van der Waals surface area contributed by atoms with Gasteiger partial charge in [-0.15, -0.1) is 0 Å². The normalized spacial score (nSPS) is 15.6. The molecule has 0 radical (unpaired) electrons. The Bertz CT molecular complexity index is 457. The van der Waals surface area contributed by atoms with Crippen molar-refractivity contribution in [3.05, 3.63) is 26.8 Å². The van der Waals surface area contributed by atoms with Crippen molar-refractivity contribution < 1.29 is 9.53 Å². The molecule has 1 aromatic rings. The van der Waals surface area contributed by atoms with Crippen LogP contribution in [0.1, 0.15) is 15.9 Å². The zero-order chi connectivity index (χ0) is 13.1. The molecule has 0 bridgehead atoms. The second-order valence-electron chi connectivity index (χ2n) is 4.33. The summed E-state index contributed by atoms with van der Waals surface area (Å²) < 4.78 is 5.90. The summed E-state index contributed by atoms with van der Waals surface area (Å²) in [6.45, 7) is 5.90. The van der Waals surface area contributed by atoms with E-state index in [4.69, 9.17) is 4.74 Å². The molecule has 5 heteroatoms. The molecule has 0 spiro atoms. The average Bonchev–Trinajstić information content (AvgIpc) is 2.41. The highest BCUT2D eigenvalue weighted by Crippen LogP contribution is 2.27. The van der Waals surface area contributed by atoms with E-state index in [0.717, 1.165) is 41.0 Å². The number of benzene rings is 1. The highest BCUT2D eigenvalue weighted by molar-refractivity contribution is 14.1. The van der Waals surface area contributed by atoms with Gasteiger partial charge in [-0.1, -0.05) is 0 Å². The number of anilines is 1. The van der Waals surface area contributed by atoms with Gasteiger partial charge in [-0.05, 0) is 47.2 Å². The molecule has 1 aromatic carbocycles. The van der Waals surface area contributed by atoms with Gasteiger partial charge in [0.1, 0.15) is 0 Å². The van der Waals surface area contributed by atoms with Gasteiger partial charge in [0.2, 0.25) is 0 Å². The van der Waals surface area contributed by atoms with E-state index >= 15 is 0 Å². The zero-order valence-corrected chi connectivity index (χ0v) is 12.8. The lowest BCUT2D eigenvalue weighted by Crippen LogP contribution is -2.44. The van der Waals surface area contributed by atoms with E-state index in [1.165, 1.54) is 7.11 Å². The van der Waals surface area contributed by atoms with Crippen molar-refractivity contribution in [2.45, 2.75) is 6.92 Å². The van der Waals surface area contributed by atoms with Gasteiger partial charge < -0.3 is 15.0 Å². The lowest BCUT2D eigenvalue weighted by molar-refractivity contribution is 0.0600. The van der Waals surface area contributed by atoms with Crippen LogP contribution in [0.25, 0.3) is 0 Å². The molecule has 0 aliphatic carbocycles. The fraction of sp³-hybridized carbons (Fsp3) is 0.462. The van der Waals surface area contributed by atoms with Crippen LogP contribution >= 0.6 is 22.6 Å². The standard InChI is InChI=1S/C13H17IN2O2/c1-9-11(13(17)18-2)7-10(14)8-12(9)16-5-3-15-4-6-16/h7-8,15H,3-6H2,1-2H3. The molecule has 2 rings (SSSR count). The minimum absolute atomic E-state index is 0.262. The van der Waals surface area contributed by atoms with E-state index in [0.29, 0.717) is 5.56 Å². The molecule has 1 heterocycles. The number of hydrogen-bond acceptors (Lipinski definition) is 4. The predicted octanol–water partition coefficient (Wildman–Crippen LogP) is 1.80. The number of carbonyl (C=O) groups excluding carboxylic acids is 1. The van der Waals surface area contributed by atoms with Crippen LogP contribution in [0.5, 0.6) is 0 Å². The summed E-state index contributed by atoms with van der Waals surface area (Å²) in [5, 5.41) is 3.33.